The molecule has 2 N–H and O–H groups in total. The second kappa shape index (κ2) is 9.67. The van der Waals surface area contributed by atoms with Crippen molar-refractivity contribution in [1.82, 2.24) is 10.2 Å². The predicted molar refractivity (Wildman–Crippen MR) is 125 cm³/mol. The zero-order chi connectivity index (χ0) is 24.4. The van der Waals surface area contributed by atoms with Gasteiger partial charge in [-0.25, -0.2) is 9.59 Å². The molecule has 9 heteroatoms. The van der Waals surface area contributed by atoms with E-state index >= 15 is 0 Å². The maximum Gasteiger partial charge on any atom is 0.408 e. The van der Waals surface area contributed by atoms with Gasteiger partial charge in [0, 0.05) is 45.1 Å². The fourth-order valence-corrected chi connectivity index (χ4v) is 5.14. The Kier molecular flexibility index (Phi) is 6.44. The van der Waals surface area contributed by atoms with E-state index in [1.807, 2.05) is 24.3 Å². The van der Waals surface area contributed by atoms with Crippen LogP contribution in [0.25, 0.3) is 11.1 Å². The van der Waals surface area contributed by atoms with Crippen LogP contribution in [0, 0.1) is 0 Å². The van der Waals surface area contributed by atoms with Crippen LogP contribution in [0.1, 0.15) is 29.9 Å². The van der Waals surface area contributed by atoms with Crippen LogP contribution in [0.15, 0.2) is 48.5 Å². The summed E-state index contributed by atoms with van der Waals surface area (Å²) in [5.74, 6) is -1.34. The molecule has 184 valence electrons. The summed E-state index contributed by atoms with van der Waals surface area (Å²) < 4.78 is 16.4. The van der Waals surface area contributed by atoms with E-state index in [1.165, 1.54) is 0 Å². The number of ether oxygens (including phenoxy) is 3. The summed E-state index contributed by atoms with van der Waals surface area (Å²) in [6.07, 6.45) is -0.275. The second-order valence-corrected chi connectivity index (χ2v) is 9.18. The van der Waals surface area contributed by atoms with Gasteiger partial charge in [-0.15, -0.1) is 0 Å². The van der Waals surface area contributed by atoms with Crippen LogP contribution in [0.2, 0.25) is 0 Å². The first-order valence-electron chi connectivity index (χ1n) is 11.8. The van der Waals surface area contributed by atoms with Crippen molar-refractivity contribution >= 4 is 18.0 Å². The van der Waals surface area contributed by atoms with Crippen molar-refractivity contribution in [3.05, 3.63) is 59.7 Å². The molecule has 2 saturated heterocycles. The SMILES string of the molecule is O=C(O)COC1CN(C(=O)C2(NC(=O)OCC3c4ccccc4-c4ccccc43)CCOCC2)C1. The molecule has 0 aromatic heterocycles. The van der Waals surface area contributed by atoms with Crippen LogP contribution < -0.4 is 5.32 Å². The van der Waals surface area contributed by atoms with E-state index in [2.05, 4.69) is 29.6 Å². The lowest BCUT2D eigenvalue weighted by Gasteiger charge is -2.45. The Morgan fingerprint density at radius 3 is 2.20 bits per heavy atom. The molecule has 2 aromatic rings. The number of nitrogens with zero attached hydrogens (tertiary/aromatic N) is 1. The number of carbonyl (C=O) groups excluding carboxylic acids is 2. The highest BCUT2D eigenvalue weighted by atomic mass is 16.5. The molecule has 0 radical (unpaired) electrons. The van der Waals surface area contributed by atoms with Gasteiger partial charge in [0.1, 0.15) is 18.8 Å². The Labute approximate surface area is 203 Å². The Morgan fingerprint density at radius 1 is 1.00 bits per heavy atom. The number of nitrogens with one attached hydrogen (secondary N) is 1. The number of benzene rings is 2. The number of hydrogen-bond donors (Lipinski definition) is 2. The number of carbonyl (C=O) groups is 3. The van der Waals surface area contributed by atoms with Gasteiger partial charge in [-0.1, -0.05) is 48.5 Å². The number of carboxylic acids is 1. The quantitative estimate of drug-likeness (QED) is 0.625. The number of amides is 2. The first-order chi connectivity index (χ1) is 17.0. The monoisotopic (exact) mass is 480 g/mol. The van der Waals surface area contributed by atoms with Gasteiger partial charge in [-0.3, -0.25) is 4.79 Å². The van der Waals surface area contributed by atoms with Crippen molar-refractivity contribution in [3.63, 3.8) is 0 Å². The van der Waals surface area contributed by atoms with Crippen molar-refractivity contribution in [3.8, 4) is 11.1 Å². The van der Waals surface area contributed by atoms with E-state index in [-0.39, 0.29) is 24.5 Å². The minimum atomic E-state index is -1.11. The standard InChI is InChI=1S/C26H28N2O7/c29-23(30)16-34-17-13-28(14-17)24(31)26(9-11-33-12-10-26)27-25(32)35-15-22-20-7-3-1-5-18(20)19-6-2-4-8-21(19)22/h1-8,17,22H,9-16H2,(H,27,32)(H,29,30). The van der Waals surface area contributed by atoms with Crippen molar-refractivity contribution in [2.75, 3.05) is 39.5 Å². The first-order valence-corrected chi connectivity index (χ1v) is 11.8. The van der Waals surface area contributed by atoms with Crippen molar-refractivity contribution in [1.29, 1.82) is 0 Å². The number of fused-ring (bicyclic) bond motifs is 3. The van der Waals surface area contributed by atoms with E-state index in [0.717, 1.165) is 22.3 Å². The lowest BCUT2D eigenvalue weighted by Crippen LogP contribution is -2.67. The van der Waals surface area contributed by atoms with E-state index in [1.54, 1.807) is 4.90 Å². The molecule has 2 fully saturated rings. The van der Waals surface area contributed by atoms with Crippen molar-refractivity contribution < 1.29 is 33.7 Å². The Morgan fingerprint density at radius 2 is 1.60 bits per heavy atom. The average molecular weight is 481 g/mol. The zero-order valence-corrected chi connectivity index (χ0v) is 19.3. The number of carboxylic acid groups (broad SMARTS) is 1. The Balaban J connectivity index is 1.23. The van der Waals surface area contributed by atoms with Gasteiger partial charge in [-0.2, -0.15) is 0 Å². The summed E-state index contributed by atoms with van der Waals surface area (Å²) >= 11 is 0. The number of rotatable bonds is 7. The third-order valence-corrected chi connectivity index (χ3v) is 7.02. The summed E-state index contributed by atoms with van der Waals surface area (Å²) in [4.78, 5) is 38.6. The highest BCUT2D eigenvalue weighted by molar-refractivity contribution is 5.91. The van der Waals surface area contributed by atoms with Gasteiger partial charge in [0.15, 0.2) is 0 Å². The Hall–Kier alpha value is -3.43. The third-order valence-electron chi connectivity index (χ3n) is 7.02. The number of alkyl carbamates (subject to hydrolysis) is 1. The average Bonchev–Trinajstić information content (AvgIpc) is 3.16. The van der Waals surface area contributed by atoms with Crippen LogP contribution in [-0.4, -0.2) is 79.1 Å². The molecule has 1 aliphatic carbocycles. The molecule has 5 rings (SSSR count). The predicted octanol–water partition coefficient (Wildman–Crippen LogP) is 2.39. The summed E-state index contributed by atoms with van der Waals surface area (Å²) in [5.41, 5.74) is 3.41. The fourth-order valence-electron chi connectivity index (χ4n) is 5.14. The summed E-state index contributed by atoms with van der Waals surface area (Å²) in [6.45, 7) is 1.05. The van der Waals surface area contributed by atoms with Crippen LogP contribution in [-0.2, 0) is 23.8 Å². The van der Waals surface area contributed by atoms with E-state index < -0.39 is 24.2 Å². The van der Waals surface area contributed by atoms with Gasteiger partial charge in [-0.05, 0) is 22.3 Å². The molecule has 0 spiro atoms. The molecule has 2 aromatic carbocycles. The van der Waals surface area contributed by atoms with Gasteiger partial charge in [0.05, 0.1) is 6.10 Å². The molecule has 0 saturated carbocycles. The van der Waals surface area contributed by atoms with Gasteiger partial charge in [0.25, 0.3) is 0 Å². The summed E-state index contributed by atoms with van der Waals surface area (Å²) in [6, 6.07) is 16.2. The summed E-state index contributed by atoms with van der Waals surface area (Å²) in [5, 5.41) is 11.6. The lowest BCUT2D eigenvalue weighted by atomic mass is 9.87. The zero-order valence-electron chi connectivity index (χ0n) is 19.3. The summed E-state index contributed by atoms with van der Waals surface area (Å²) in [7, 11) is 0. The molecule has 0 bridgehead atoms. The topological polar surface area (TPSA) is 114 Å². The molecule has 2 heterocycles. The smallest absolute Gasteiger partial charge is 0.408 e. The van der Waals surface area contributed by atoms with E-state index in [9.17, 15) is 14.4 Å². The first kappa shape index (κ1) is 23.3. The highest BCUT2D eigenvalue weighted by Gasteiger charge is 2.47. The van der Waals surface area contributed by atoms with E-state index in [4.69, 9.17) is 19.3 Å². The van der Waals surface area contributed by atoms with Crippen LogP contribution in [0.4, 0.5) is 4.79 Å². The fraction of sp³-hybridized carbons (Fsp3) is 0.423. The Bertz CT molecular complexity index is 1080. The number of aliphatic carboxylic acids is 1. The lowest BCUT2D eigenvalue weighted by molar-refractivity contribution is -0.160. The minimum absolute atomic E-state index is 0.0722. The molecule has 0 atom stereocenters. The number of hydrogen-bond acceptors (Lipinski definition) is 6. The molecule has 2 aliphatic heterocycles. The van der Waals surface area contributed by atoms with Gasteiger partial charge in [0.2, 0.25) is 5.91 Å². The maximum atomic E-state index is 13.3. The molecular weight excluding hydrogens is 452 g/mol. The minimum Gasteiger partial charge on any atom is -0.480 e. The van der Waals surface area contributed by atoms with Gasteiger partial charge < -0.3 is 29.5 Å². The van der Waals surface area contributed by atoms with Gasteiger partial charge >= 0.3 is 12.1 Å². The second-order valence-electron chi connectivity index (χ2n) is 9.18. The normalized spacial score (nSPS) is 18.8. The molecule has 9 nitrogen and oxygen atoms in total. The molecule has 3 aliphatic rings. The molecular formula is C26H28N2O7. The van der Waals surface area contributed by atoms with Crippen LogP contribution >= 0.6 is 0 Å². The maximum absolute atomic E-state index is 13.3. The molecule has 2 amide bonds. The van der Waals surface area contributed by atoms with Crippen LogP contribution in [0.5, 0.6) is 0 Å². The highest BCUT2D eigenvalue weighted by Crippen LogP contribution is 2.44. The van der Waals surface area contributed by atoms with Crippen molar-refractivity contribution in [2.24, 2.45) is 0 Å². The molecule has 35 heavy (non-hydrogen) atoms. The van der Waals surface area contributed by atoms with E-state index in [0.29, 0.717) is 39.1 Å². The number of likely N-dealkylation sites (tertiary alicyclic amines) is 1. The van der Waals surface area contributed by atoms with Crippen molar-refractivity contribution in [2.45, 2.75) is 30.4 Å². The molecule has 0 unspecified atom stereocenters. The third kappa shape index (κ3) is 4.61. The van der Waals surface area contributed by atoms with Crippen LogP contribution in [0.3, 0.4) is 0 Å². The largest absolute Gasteiger partial charge is 0.480 e.